The zero-order valence-corrected chi connectivity index (χ0v) is 11.8. The number of carbonyl (C=O) groups is 1. The molecule has 0 saturated carbocycles. The van der Waals surface area contributed by atoms with Crippen LogP contribution in [0.2, 0.25) is 0 Å². The summed E-state index contributed by atoms with van der Waals surface area (Å²) in [5.41, 5.74) is 0.172. The summed E-state index contributed by atoms with van der Waals surface area (Å²) < 4.78 is 10.1. The molecule has 0 aliphatic heterocycles. The first-order chi connectivity index (χ1) is 8.81. The Morgan fingerprint density at radius 3 is 2.37 bits per heavy atom. The quantitative estimate of drug-likeness (QED) is 0.647. The van der Waals surface area contributed by atoms with E-state index in [9.17, 15) is 9.90 Å². The molecule has 0 fully saturated rings. The van der Waals surface area contributed by atoms with Gasteiger partial charge in [-0.15, -0.1) is 0 Å². The Balaban J connectivity index is 2.59. The molecule has 0 heterocycles. The summed E-state index contributed by atoms with van der Waals surface area (Å²) >= 11 is 0. The van der Waals surface area contributed by atoms with Gasteiger partial charge in [0, 0.05) is 6.54 Å². The Hall–Kier alpha value is -1.59. The number of nitrogens with one attached hydrogen (secondary N) is 1. The van der Waals surface area contributed by atoms with E-state index in [2.05, 4.69) is 5.32 Å². The van der Waals surface area contributed by atoms with Crippen LogP contribution in [0.25, 0.3) is 0 Å². The van der Waals surface area contributed by atoms with Crippen molar-refractivity contribution in [2.45, 2.75) is 32.5 Å². The van der Waals surface area contributed by atoms with Crippen molar-refractivity contribution in [3.8, 4) is 5.75 Å². The molecule has 5 nitrogen and oxygen atoms in total. The summed E-state index contributed by atoms with van der Waals surface area (Å²) in [6.07, 6.45) is -1.32. The van der Waals surface area contributed by atoms with Crippen molar-refractivity contribution in [2.24, 2.45) is 0 Å². The molecular formula is C14H21NO4. The van der Waals surface area contributed by atoms with Crippen molar-refractivity contribution in [2.75, 3.05) is 13.6 Å². The van der Waals surface area contributed by atoms with Gasteiger partial charge in [-0.25, -0.2) is 4.79 Å². The Morgan fingerprint density at radius 1 is 1.32 bits per heavy atom. The van der Waals surface area contributed by atoms with Crippen molar-refractivity contribution < 1.29 is 19.4 Å². The third-order valence-corrected chi connectivity index (χ3v) is 2.25. The van der Waals surface area contributed by atoms with Gasteiger partial charge in [-0.2, -0.15) is 0 Å². The molecule has 5 heteroatoms. The number of benzene rings is 1. The van der Waals surface area contributed by atoms with E-state index in [0.717, 1.165) is 5.56 Å². The standard InChI is InChI=1S/C14H21NO4/c1-14(2,3)19-13(17)18-11-7-5-10(6-8-11)12(16)9-15-4/h5-8,12,15-16H,9H2,1-4H3. The van der Waals surface area contributed by atoms with Crippen molar-refractivity contribution in [1.82, 2.24) is 5.32 Å². The van der Waals surface area contributed by atoms with E-state index in [0.29, 0.717) is 12.3 Å². The monoisotopic (exact) mass is 267 g/mol. The maximum atomic E-state index is 11.4. The van der Waals surface area contributed by atoms with Crippen LogP contribution in [0.4, 0.5) is 4.79 Å². The summed E-state index contributed by atoms with van der Waals surface area (Å²) in [6.45, 7) is 5.77. The molecule has 0 aliphatic carbocycles. The van der Waals surface area contributed by atoms with E-state index in [1.165, 1.54) is 0 Å². The highest BCUT2D eigenvalue weighted by Gasteiger charge is 2.18. The average Bonchev–Trinajstić information content (AvgIpc) is 2.27. The minimum Gasteiger partial charge on any atom is -0.428 e. The van der Waals surface area contributed by atoms with E-state index < -0.39 is 17.9 Å². The van der Waals surface area contributed by atoms with Crippen LogP contribution in [0.1, 0.15) is 32.4 Å². The molecule has 0 bridgehead atoms. The summed E-state index contributed by atoms with van der Waals surface area (Å²) in [4.78, 5) is 11.4. The highest BCUT2D eigenvalue weighted by molar-refractivity contribution is 5.64. The number of carbonyl (C=O) groups excluding carboxylic acids is 1. The van der Waals surface area contributed by atoms with Gasteiger partial charge in [-0.1, -0.05) is 12.1 Å². The van der Waals surface area contributed by atoms with Crippen molar-refractivity contribution in [1.29, 1.82) is 0 Å². The number of aliphatic hydroxyl groups is 1. The number of likely N-dealkylation sites (N-methyl/N-ethyl adjacent to an activating group) is 1. The minimum absolute atomic E-state index is 0.384. The lowest BCUT2D eigenvalue weighted by Crippen LogP contribution is -2.26. The summed E-state index contributed by atoms with van der Waals surface area (Å²) in [5.74, 6) is 0.384. The first-order valence-electron chi connectivity index (χ1n) is 6.15. The molecule has 1 rings (SSSR count). The predicted molar refractivity (Wildman–Crippen MR) is 72.2 cm³/mol. The van der Waals surface area contributed by atoms with Gasteiger partial charge in [-0.05, 0) is 45.5 Å². The molecule has 1 unspecified atom stereocenters. The molecule has 0 aromatic heterocycles. The SMILES string of the molecule is CNCC(O)c1ccc(OC(=O)OC(C)(C)C)cc1. The van der Waals surface area contributed by atoms with E-state index in [-0.39, 0.29) is 0 Å². The van der Waals surface area contributed by atoms with E-state index in [1.54, 1.807) is 52.1 Å². The highest BCUT2D eigenvalue weighted by Crippen LogP contribution is 2.18. The van der Waals surface area contributed by atoms with E-state index in [4.69, 9.17) is 9.47 Å². The van der Waals surface area contributed by atoms with Gasteiger partial charge in [0.15, 0.2) is 0 Å². The smallest absolute Gasteiger partial charge is 0.428 e. The molecule has 2 N–H and O–H groups in total. The van der Waals surface area contributed by atoms with Gasteiger partial charge in [0.2, 0.25) is 0 Å². The zero-order chi connectivity index (χ0) is 14.5. The first kappa shape index (κ1) is 15.5. The van der Waals surface area contributed by atoms with Crippen LogP contribution in [0.3, 0.4) is 0 Å². The lowest BCUT2D eigenvalue weighted by atomic mass is 10.1. The van der Waals surface area contributed by atoms with Crippen LogP contribution in [-0.2, 0) is 4.74 Å². The Bertz CT molecular complexity index is 408. The van der Waals surface area contributed by atoms with Gasteiger partial charge >= 0.3 is 6.16 Å². The van der Waals surface area contributed by atoms with Gasteiger partial charge < -0.3 is 19.9 Å². The molecule has 1 atom stereocenters. The third-order valence-electron chi connectivity index (χ3n) is 2.25. The van der Waals surface area contributed by atoms with Crippen molar-refractivity contribution in [3.63, 3.8) is 0 Å². The Morgan fingerprint density at radius 2 is 1.89 bits per heavy atom. The minimum atomic E-state index is -0.740. The summed E-state index contributed by atoms with van der Waals surface area (Å²) in [7, 11) is 1.77. The molecule has 0 aliphatic rings. The lowest BCUT2D eigenvalue weighted by molar-refractivity contribution is 0.0206. The third kappa shape index (κ3) is 5.72. The highest BCUT2D eigenvalue weighted by atomic mass is 16.7. The van der Waals surface area contributed by atoms with Gasteiger partial charge in [0.25, 0.3) is 0 Å². The topological polar surface area (TPSA) is 67.8 Å². The van der Waals surface area contributed by atoms with Crippen LogP contribution < -0.4 is 10.1 Å². The first-order valence-corrected chi connectivity index (χ1v) is 6.15. The molecule has 1 aromatic rings. The molecule has 106 valence electrons. The fourth-order valence-electron chi connectivity index (χ4n) is 1.44. The molecule has 0 amide bonds. The lowest BCUT2D eigenvalue weighted by Gasteiger charge is -2.18. The van der Waals surface area contributed by atoms with Crippen LogP contribution in [0.5, 0.6) is 5.75 Å². The van der Waals surface area contributed by atoms with Gasteiger partial charge in [0.1, 0.15) is 11.4 Å². The second-order valence-corrected chi connectivity index (χ2v) is 5.21. The fourth-order valence-corrected chi connectivity index (χ4v) is 1.44. The molecular weight excluding hydrogens is 246 g/mol. The second kappa shape index (κ2) is 6.54. The van der Waals surface area contributed by atoms with Crippen LogP contribution in [-0.4, -0.2) is 30.5 Å². The fraction of sp³-hybridized carbons (Fsp3) is 0.500. The second-order valence-electron chi connectivity index (χ2n) is 5.21. The van der Waals surface area contributed by atoms with E-state index >= 15 is 0 Å². The molecule has 19 heavy (non-hydrogen) atoms. The summed E-state index contributed by atoms with van der Waals surface area (Å²) in [6, 6.07) is 6.67. The normalized spacial score (nSPS) is 12.9. The van der Waals surface area contributed by atoms with Gasteiger partial charge in [0.05, 0.1) is 6.10 Å². The summed E-state index contributed by atoms with van der Waals surface area (Å²) in [5, 5.41) is 12.6. The maximum Gasteiger partial charge on any atom is 0.514 e. The maximum absolute atomic E-state index is 11.4. The Labute approximate surface area is 113 Å². The van der Waals surface area contributed by atoms with Crippen LogP contribution in [0.15, 0.2) is 24.3 Å². The molecule has 0 radical (unpaired) electrons. The number of rotatable bonds is 4. The zero-order valence-electron chi connectivity index (χ0n) is 11.8. The molecule has 0 saturated heterocycles. The average molecular weight is 267 g/mol. The number of aliphatic hydroxyl groups excluding tert-OH is 1. The number of hydrogen-bond acceptors (Lipinski definition) is 5. The largest absolute Gasteiger partial charge is 0.514 e. The van der Waals surface area contributed by atoms with Crippen LogP contribution in [0, 0.1) is 0 Å². The van der Waals surface area contributed by atoms with Crippen LogP contribution >= 0.6 is 0 Å². The Kier molecular flexibility index (Phi) is 5.32. The predicted octanol–water partition coefficient (Wildman–Crippen LogP) is 2.25. The van der Waals surface area contributed by atoms with Crippen molar-refractivity contribution >= 4 is 6.16 Å². The van der Waals surface area contributed by atoms with Crippen molar-refractivity contribution in [3.05, 3.63) is 29.8 Å². The number of ether oxygens (including phenoxy) is 2. The molecule has 1 aromatic carbocycles. The molecule has 0 spiro atoms. The van der Waals surface area contributed by atoms with Gasteiger partial charge in [-0.3, -0.25) is 0 Å². The van der Waals surface area contributed by atoms with E-state index in [1.807, 2.05) is 0 Å². The number of hydrogen-bond donors (Lipinski definition) is 2.